The van der Waals surface area contributed by atoms with Crippen LogP contribution in [0.1, 0.15) is 16.7 Å². The Labute approximate surface area is 180 Å². The van der Waals surface area contributed by atoms with Crippen molar-refractivity contribution < 1.29 is 14.3 Å². The zero-order chi connectivity index (χ0) is 21.0. The van der Waals surface area contributed by atoms with Crippen LogP contribution >= 0.6 is 0 Å². The van der Waals surface area contributed by atoms with E-state index in [4.69, 9.17) is 9.47 Å². The molecule has 1 aliphatic rings. The molecule has 150 valence electrons. The zero-order valence-electron chi connectivity index (χ0n) is 16.7. The summed E-state index contributed by atoms with van der Waals surface area (Å²) in [5, 5.41) is 2.07. The maximum Gasteiger partial charge on any atom is 0.363 e. The highest BCUT2D eigenvalue weighted by Crippen LogP contribution is 2.25. The first-order chi connectivity index (χ1) is 15.3. The maximum absolute atomic E-state index is 12.4. The fourth-order valence-corrected chi connectivity index (χ4v) is 3.50. The number of cyclic esters (lactones) is 1. The van der Waals surface area contributed by atoms with E-state index in [1.807, 2.05) is 97.1 Å². The molecule has 4 aromatic carbocycles. The number of rotatable bonds is 5. The molecular weight excluding hydrogens is 386 g/mol. The monoisotopic (exact) mass is 405 g/mol. The van der Waals surface area contributed by atoms with Gasteiger partial charge in [0, 0.05) is 5.56 Å². The third-order valence-corrected chi connectivity index (χ3v) is 5.07. The van der Waals surface area contributed by atoms with Crippen molar-refractivity contribution in [2.75, 3.05) is 0 Å². The highest BCUT2D eigenvalue weighted by Gasteiger charge is 2.25. The second-order valence-corrected chi connectivity index (χ2v) is 7.21. The molecule has 0 aromatic heterocycles. The molecular formula is C27H19NO3. The smallest absolute Gasteiger partial charge is 0.363 e. The van der Waals surface area contributed by atoms with Gasteiger partial charge in [-0.05, 0) is 46.2 Å². The molecule has 4 heteroatoms. The SMILES string of the molecule is O=C1OC(c2cccc3ccccc23)=N/C1=C\c1ccc(OCc2ccccc2)cc1. The molecule has 0 N–H and O–H groups in total. The van der Waals surface area contributed by atoms with E-state index in [9.17, 15) is 4.79 Å². The van der Waals surface area contributed by atoms with Crippen molar-refractivity contribution in [3.8, 4) is 5.75 Å². The number of aliphatic imine (C=N–C) groups is 1. The molecule has 1 heterocycles. The molecule has 0 spiro atoms. The lowest BCUT2D eigenvalue weighted by Gasteiger charge is -2.06. The van der Waals surface area contributed by atoms with E-state index in [0.29, 0.717) is 12.5 Å². The summed E-state index contributed by atoms with van der Waals surface area (Å²) in [7, 11) is 0. The maximum atomic E-state index is 12.4. The zero-order valence-corrected chi connectivity index (χ0v) is 16.7. The lowest BCUT2D eigenvalue weighted by molar-refractivity contribution is -0.129. The Hall–Kier alpha value is -4.18. The van der Waals surface area contributed by atoms with Crippen LogP contribution < -0.4 is 4.74 Å². The number of nitrogens with zero attached hydrogens (tertiary/aromatic N) is 1. The Kier molecular flexibility index (Phi) is 5.03. The van der Waals surface area contributed by atoms with E-state index < -0.39 is 5.97 Å². The minimum Gasteiger partial charge on any atom is -0.489 e. The molecule has 0 unspecified atom stereocenters. The van der Waals surface area contributed by atoms with Gasteiger partial charge in [0.25, 0.3) is 0 Å². The number of fused-ring (bicyclic) bond motifs is 1. The molecule has 0 atom stereocenters. The predicted molar refractivity (Wildman–Crippen MR) is 122 cm³/mol. The lowest BCUT2D eigenvalue weighted by atomic mass is 10.0. The molecule has 0 bridgehead atoms. The summed E-state index contributed by atoms with van der Waals surface area (Å²) in [5.41, 5.74) is 3.04. The van der Waals surface area contributed by atoms with Gasteiger partial charge in [0.05, 0.1) is 0 Å². The Bertz CT molecular complexity index is 1300. The molecule has 5 rings (SSSR count). The Balaban J connectivity index is 1.35. The number of ether oxygens (including phenoxy) is 2. The van der Waals surface area contributed by atoms with Crippen LogP contribution in [0.3, 0.4) is 0 Å². The van der Waals surface area contributed by atoms with Gasteiger partial charge in [0.15, 0.2) is 5.70 Å². The minimum atomic E-state index is -0.452. The second kappa shape index (κ2) is 8.28. The van der Waals surface area contributed by atoms with Crippen molar-refractivity contribution in [2.24, 2.45) is 4.99 Å². The summed E-state index contributed by atoms with van der Waals surface area (Å²) in [6.45, 7) is 0.506. The Morgan fingerprint density at radius 2 is 1.55 bits per heavy atom. The third-order valence-electron chi connectivity index (χ3n) is 5.07. The second-order valence-electron chi connectivity index (χ2n) is 7.21. The van der Waals surface area contributed by atoms with Crippen molar-refractivity contribution in [1.82, 2.24) is 0 Å². The minimum absolute atomic E-state index is 0.279. The molecule has 31 heavy (non-hydrogen) atoms. The van der Waals surface area contributed by atoms with Crippen LogP contribution in [0.5, 0.6) is 5.75 Å². The first-order valence-electron chi connectivity index (χ1n) is 10.0. The molecule has 0 saturated heterocycles. The molecule has 0 radical (unpaired) electrons. The first-order valence-corrected chi connectivity index (χ1v) is 10.0. The van der Waals surface area contributed by atoms with Crippen molar-refractivity contribution >= 4 is 28.7 Å². The van der Waals surface area contributed by atoms with E-state index >= 15 is 0 Å². The highest BCUT2D eigenvalue weighted by molar-refractivity contribution is 6.17. The van der Waals surface area contributed by atoms with Gasteiger partial charge in [-0.2, -0.15) is 0 Å². The van der Waals surface area contributed by atoms with Crippen LogP contribution in [0, 0.1) is 0 Å². The summed E-state index contributed by atoms with van der Waals surface area (Å²) >= 11 is 0. The van der Waals surface area contributed by atoms with Crippen LogP contribution in [0.15, 0.2) is 108 Å². The summed E-state index contributed by atoms with van der Waals surface area (Å²) < 4.78 is 11.3. The molecule has 0 saturated carbocycles. The van der Waals surface area contributed by atoms with Crippen molar-refractivity contribution in [1.29, 1.82) is 0 Å². The van der Waals surface area contributed by atoms with Gasteiger partial charge < -0.3 is 9.47 Å². The summed E-state index contributed by atoms with van der Waals surface area (Å²) in [5.74, 6) is 0.642. The molecule has 0 amide bonds. The number of carbonyl (C=O) groups is 1. The van der Waals surface area contributed by atoms with Crippen LogP contribution in [0.4, 0.5) is 0 Å². The van der Waals surface area contributed by atoms with Gasteiger partial charge in [-0.15, -0.1) is 0 Å². The van der Waals surface area contributed by atoms with Gasteiger partial charge in [0.2, 0.25) is 5.90 Å². The number of hydrogen-bond donors (Lipinski definition) is 0. The van der Waals surface area contributed by atoms with Crippen molar-refractivity contribution in [2.45, 2.75) is 6.61 Å². The molecule has 4 nitrogen and oxygen atoms in total. The standard InChI is InChI=1S/C27H19NO3/c29-27-25(28-26(31-27)24-12-6-10-21-9-4-5-11-23(21)24)17-19-13-15-22(16-14-19)30-18-20-7-2-1-3-8-20/h1-17H,18H2/b25-17-. The van der Waals surface area contributed by atoms with Crippen molar-refractivity contribution in [3.63, 3.8) is 0 Å². The van der Waals surface area contributed by atoms with E-state index in [1.54, 1.807) is 6.08 Å². The van der Waals surface area contributed by atoms with Crippen molar-refractivity contribution in [3.05, 3.63) is 119 Å². The summed E-state index contributed by atoms with van der Waals surface area (Å²) in [4.78, 5) is 16.9. The third kappa shape index (κ3) is 4.09. The van der Waals surface area contributed by atoms with Gasteiger partial charge in [0.1, 0.15) is 12.4 Å². The van der Waals surface area contributed by atoms with Gasteiger partial charge in [-0.1, -0.05) is 78.9 Å². The molecule has 0 fully saturated rings. The predicted octanol–water partition coefficient (Wildman–Crippen LogP) is 5.76. The lowest BCUT2D eigenvalue weighted by Crippen LogP contribution is -2.05. The van der Waals surface area contributed by atoms with E-state index in [-0.39, 0.29) is 5.70 Å². The van der Waals surface area contributed by atoms with Gasteiger partial charge >= 0.3 is 5.97 Å². The average molecular weight is 405 g/mol. The van der Waals surface area contributed by atoms with Gasteiger partial charge in [-0.3, -0.25) is 0 Å². The molecule has 0 aliphatic carbocycles. The van der Waals surface area contributed by atoms with E-state index in [2.05, 4.69) is 4.99 Å². The fourth-order valence-electron chi connectivity index (χ4n) is 3.50. The normalized spacial score (nSPS) is 14.5. The Morgan fingerprint density at radius 1 is 0.806 bits per heavy atom. The number of carbonyl (C=O) groups excluding carboxylic acids is 1. The largest absolute Gasteiger partial charge is 0.489 e. The topological polar surface area (TPSA) is 47.9 Å². The number of benzene rings is 4. The average Bonchev–Trinajstić information content (AvgIpc) is 3.18. The highest BCUT2D eigenvalue weighted by atomic mass is 16.6. The number of hydrogen-bond acceptors (Lipinski definition) is 4. The molecule has 1 aliphatic heterocycles. The van der Waals surface area contributed by atoms with E-state index in [1.165, 1.54) is 0 Å². The van der Waals surface area contributed by atoms with E-state index in [0.717, 1.165) is 33.2 Å². The summed E-state index contributed by atoms with van der Waals surface area (Å²) in [6.07, 6.45) is 1.72. The summed E-state index contributed by atoms with van der Waals surface area (Å²) in [6, 6.07) is 31.4. The quantitative estimate of drug-likeness (QED) is 0.313. The van der Waals surface area contributed by atoms with Gasteiger partial charge in [-0.25, -0.2) is 9.79 Å². The van der Waals surface area contributed by atoms with Crippen LogP contribution in [-0.2, 0) is 16.1 Å². The van der Waals surface area contributed by atoms with Crippen LogP contribution in [0.2, 0.25) is 0 Å². The number of esters is 1. The van der Waals surface area contributed by atoms with Crippen LogP contribution in [0.25, 0.3) is 16.8 Å². The molecule has 4 aromatic rings. The Morgan fingerprint density at radius 3 is 2.39 bits per heavy atom. The first kappa shape index (κ1) is 18.8. The van der Waals surface area contributed by atoms with Crippen LogP contribution in [-0.4, -0.2) is 11.9 Å². The fraction of sp³-hybridized carbons (Fsp3) is 0.0370.